The largest absolute Gasteiger partial charge is 0.497 e. The molecule has 9 heteroatoms. The number of H-pyrrole nitrogens is 1. The topological polar surface area (TPSA) is 119 Å². The summed E-state index contributed by atoms with van der Waals surface area (Å²) in [5, 5.41) is 9.39. The normalized spacial score (nSPS) is 11.6. The Kier molecular flexibility index (Phi) is 5.64. The van der Waals surface area contributed by atoms with Gasteiger partial charge in [-0.2, -0.15) is 5.10 Å². The van der Waals surface area contributed by atoms with E-state index in [1.807, 2.05) is 0 Å². The molecule has 0 fully saturated rings. The number of ether oxygens (including phenoxy) is 2. The Bertz CT molecular complexity index is 747. The third-order valence-corrected chi connectivity index (χ3v) is 3.46. The SMILES string of the molecule is COc1ccc(OCc2cc(C(=O)N[C@H](C)C(N)=O)n[nH]2)c(Cl)c1. The summed E-state index contributed by atoms with van der Waals surface area (Å²) in [6.07, 6.45) is 0. The molecule has 0 unspecified atom stereocenters. The van der Waals surface area contributed by atoms with Crippen LogP contribution in [0.5, 0.6) is 11.5 Å². The van der Waals surface area contributed by atoms with Crippen LogP contribution >= 0.6 is 11.6 Å². The third kappa shape index (κ3) is 4.39. The number of hydrogen-bond donors (Lipinski definition) is 3. The zero-order chi connectivity index (χ0) is 17.7. The Balaban J connectivity index is 1.96. The number of carbonyl (C=O) groups is 2. The maximum Gasteiger partial charge on any atom is 0.272 e. The van der Waals surface area contributed by atoms with E-state index in [1.165, 1.54) is 13.0 Å². The molecule has 0 radical (unpaired) electrons. The van der Waals surface area contributed by atoms with Crippen molar-refractivity contribution >= 4 is 23.4 Å². The average Bonchev–Trinajstić information content (AvgIpc) is 3.02. The Hall–Kier alpha value is -2.74. The third-order valence-electron chi connectivity index (χ3n) is 3.16. The lowest BCUT2D eigenvalue weighted by molar-refractivity contribution is -0.119. The standard InChI is InChI=1S/C15H17ClN4O4/c1-8(14(17)21)18-15(22)12-5-9(19-20-12)7-24-13-4-3-10(23-2)6-11(13)16/h3-6,8H,7H2,1-2H3,(H2,17,21)(H,18,22)(H,19,20)/t8-/m1/s1. The molecule has 1 aromatic heterocycles. The summed E-state index contributed by atoms with van der Waals surface area (Å²) in [7, 11) is 1.54. The number of carbonyl (C=O) groups excluding carboxylic acids is 2. The minimum atomic E-state index is -0.785. The van der Waals surface area contributed by atoms with Crippen molar-refractivity contribution in [2.75, 3.05) is 7.11 Å². The van der Waals surface area contributed by atoms with E-state index in [0.717, 1.165) is 0 Å². The van der Waals surface area contributed by atoms with Gasteiger partial charge in [0.2, 0.25) is 5.91 Å². The highest BCUT2D eigenvalue weighted by atomic mass is 35.5. The number of aromatic nitrogens is 2. The van der Waals surface area contributed by atoms with Gasteiger partial charge in [-0.25, -0.2) is 0 Å². The van der Waals surface area contributed by atoms with Gasteiger partial charge in [-0.3, -0.25) is 14.7 Å². The molecule has 2 aromatic rings. The molecular formula is C15H17ClN4O4. The highest BCUT2D eigenvalue weighted by Gasteiger charge is 2.16. The van der Waals surface area contributed by atoms with Crippen molar-refractivity contribution in [1.82, 2.24) is 15.5 Å². The van der Waals surface area contributed by atoms with Gasteiger partial charge in [0.25, 0.3) is 5.91 Å². The summed E-state index contributed by atoms with van der Waals surface area (Å²) in [4.78, 5) is 22.8. The molecule has 2 amide bonds. The summed E-state index contributed by atoms with van der Waals surface area (Å²) in [6.45, 7) is 1.63. The second-order valence-corrected chi connectivity index (χ2v) is 5.37. The van der Waals surface area contributed by atoms with Crippen LogP contribution in [0.4, 0.5) is 0 Å². The molecule has 0 aliphatic heterocycles. The number of benzene rings is 1. The van der Waals surface area contributed by atoms with Gasteiger partial charge >= 0.3 is 0 Å². The zero-order valence-corrected chi connectivity index (χ0v) is 13.9. The van der Waals surface area contributed by atoms with Gasteiger partial charge in [-0.1, -0.05) is 11.6 Å². The Labute approximate surface area is 143 Å². The molecule has 24 heavy (non-hydrogen) atoms. The quantitative estimate of drug-likeness (QED) is 0.692. The molecule has 8 nitrogen and oxygen atoms in total. The number of nitrogens with zero attached hydrogens (tertiary/aromatic N) is 1. The Morgan fingerprint density at radius 2 is 2.17 bits per heavy atom. The van der Waals surface area contributed by atoms with Crippen molar-refractivity contribution in [3.05, 3.63) is 40.7 Å². The molecule has 128 valence electrons. The van der Waals surface area contributed by atoms with E-state index >= 15 is 0 Å². The number of primary amides is 1. The number of aromatic amines is 1. The molecule has 0 aliphatic carbocycles. The predicted octanol–water partition coefficient (Wildman–Crippen LogP) is 1.25. The van der Waals surface area contributed by atoms with Crippen LogP contribution in [0.3, 0.4) is 0 Å². The monoisotopic (exact) mass is 352 g/mol. The fourth-order valence-corrected chi connectivity index (χ4v) is 2.00. The number of hydrogen-bond acceptors (Lipinski definition) is 5. The first-order chi connectivity index (χ1) is 11.4. The van der Waals surface area contributed by atoms with Crippen LogP contribution < -0.4 is 20.5 Å². The second kappa shape index (κ2) is 7.69. The fourth-order valence-electron chi connectivity index (χ4n) is 1.77. The average molecular weight is 353 g/mol. The van der Waals surface area contributed by atoms with Gasteiger partial charge in [0.15, 0.2) is 0 Å². The molecular weight excluding hydrogens is 336 g/mol. The van der Waals surface area contributed by atoms with Gasteiger partial charge in [0.05, 0.1) is 17.8 Å². The van der Waals surface area contributed by atoms with Crippen LogP contribution in [0.25, 0.3) is 0 Å². The van der Waals surface area contributed by atoms with Gasteiger partial charge in [0.1, 0.15) is 29.8 Å². The maximum atomic E-state index is 11.9. The van der Waals surface area contributed by atoms with E-state index in [9.17, 15) is 9.59 Å². The molecule has 1 atom stereocenters. The Morgan fingerprint density at radius 3 is 2.79 bits per heavy atom. The molecule has 1 heterocycles. The molecule has 0 aliphatic rings. The molecule has 1 aromatic carbocycles. The van der Waals surface area contributed by atoms with Gasteiger partial charge in [-0.15, -0.1) is 0 Å². The van der Waals surface area contributed by atoms with E-state index < -0.39 is 17.9 Å². The first-order valence-electron chi connectivity index (χ1n) is 7.01. The summed E-state index contributed by atoms with van der Waals surface area (Å²) in [6, 6.07) is 5.76. The van der Waals surface area contributed by atoms with Crippen molar-refractivity contribution < 1.29 is 19.1 Å². The number of methoxy groups -OCH3 is 1. The van der Waals surface area contributed by atoms with Crippen LogP contribution in [0.1, 0.15) is 23.1 Å². The summed E-state index contributed by atoms with van der Waals surface area (Å²) in [5.74, 6) is -0.0419. The van der Waals surface area contributed by atoms with Crippen LogP contribution in [0.15, 0.2) is 24.3 Å². The summed E-state index contributed by atoms with van der Waals surface area (Å²) >= 11 is 6.08. The van der Waals surface area contributed by atoms with Gasteiger partial charge in [-0.05, 0) is 25.1 Å². The van der Waals surface area contributed by atoms with Crippen LogP contribution in [-0.4, -0.2) is 35.2 Å². The van der Waals surface area contributed by atoms with Crippen molar-refractivity contribution in [3.8, 4) is 11.5 Å². The molecule has 2 rings (SSSR count). The minimum absolute atomic E-state index is 0.127. The lowest BCUT2D eigenvalue weighted by Crippen LogP contribution is -2.42. The highest BCUT2D eigenvalue weighted by Crippen LogP contribution is 2.29. The van der Waals surface area contributed by atoms with Crippen molar-refractivity contribution in [2.24, 2.45) is 5.73 Å². The molecule has 0 saturated heterocycles. The molecule has 0 bridgehead atoms. The smallest absolute Gasteiger partial charge is 0.272 e. The number of nitrogens with one attached hydrogen (secondary N) is 2. The van der Waals surface area contributed by atoms with Gasteiger partial charge in [0, 0.05) is 6.07 Å². The van der Waals surface area contributed by atoms with Crippen molar-refractivity contribution in [3.63, 3.8) is 0 Å². The molecule has 0 spiro atoms. The number of rotatable bonds is 7. The lowest BCUT2D eigenvalue weighted by atomic mass is 10.3. The second-order valence-electron chi connectivity index (χ2n) is 4.96. The van der Waals surface area contributed by atoms with Crippen LogP contribution in [0.2, 0.25) is 5.02 Å². The molecule has 0 saturated carbocycles. The summed E-state index contributed by atoms with van der Waals surface area (Å²) < 4.78 is 10.6. The van der Waals surface area contributed by atoms with Gasteiger partial charge < -0.3 is 20.5 Å². The van der Waals surface area contributed by atoms with E-state index in [2.05, 4.69) is 15.5 Å². The lowest BCUT2D eigenvalue weighted by Gasteiger charge is -2.08. The van der Waals surface area contributed by atoms with Crippen molar-refractivity contribution in [1.29, 1.82) is 0 Å². The van der Waals surface area contributed by atoms with E-state index in [1.54, 1.807) is 25.3 Å². The predicted molar refractivity (Wildman–Crippen MR) is 87.0 cm³/mol. The highest BCUT2D eigenvalue weighted by molar-refractivity contribution is 6.32. The van der Waals surface area contributed by atoms with Crippen molar-refractivity contribution in [2.45, 2.75) is 19.6 Å². The summed E-state index contributed by atoms with van der Waals surface area (Å²) in [5.41, 5.74) is 5.79. The fraction of sp³-hybridized carbons (Fsp3) is 0.267. The van der Waals surface area contributed by atoms with Crippen LogP contribution in [-0.2, 0) is 11.4 Å². The molecule has 4 N–H and O–H groups in total. The Morgan fingerprint density at radius 1 is 1.42 bits per heavy atom. The van der Waals surface area contributed by atoms with Crippen LogP contribution in [0, 0.1) is 0 Å². The number of nitrogens with two attached hydrogens (primary N) is 1. The number of amides is 2. The first-order valence-corrected chi connectivity index (χ1v) is 7.39. The maximum absolute atomic E-state index is 11.9. The number of halogens is 1. The van der Waals surface area contributed by atoms with E-state index in [-0.39, 0.29) is 12.3 Å². The first kappa shape index (κ1) is 17.6. The van der Waals surface area contributed by atoms with E-state index in [0.29, 0.717) is 22.2 Å². The minimum Gasteiger partial charge on any atom is -0.497 e. The zero-order valence-electron chi connectivity index (χ0n) is 13.1. The van der Waals surface area contributed by atoms with E-state index in [4.69, 9.17) is 26.8 Å².